The topological polar surface area (TPSA) is 42.0 Å². The Hall–Kier alpha value is -1.75. The van der Waals surface area contributed by atoms with E-state index < -0.39 is 0 Å². The van der Waals surface area contributed by atoms with Gasteiger partial charge in [0.15, 0.2) is 11.5 Å². The number of carbonyl (C=O) groups is 1. The van der Waals surface area contributed by atoms with E-state index in [0.29, 0.717) is 18.9 Å². The number of ether oxygens (including phenoxy) is 2. The van der Waals surface area contributed by atoms with Gasteiger partial charge in [0, 0.05) is 38.6 Å². The van der Waals surface area contributed by atoms with Crippen LogP contribution in [0.25, 0.3) is 0 Å². The summed E-state index contributed by atoms with van der Waals surface area (Å²) in [6.07, 6.45) is 3.96. The Morgan fingerprint density at radius 1 is 1.17 bits per heavy atom. The molecule has 3 aliphatic rings. The average molecular weight is 316 g/mol. The number of rotatable bonds is 2. The van der Waals surface area contributed by atoms with Crippen LogP contribution in [0.4, 0.5) is 0 Å². The first-order chi connectivity index (χ1) is 11.2. The van der Waals surface area contributed by atoms with E-state index in [1.165, 1.54) is 0 Å². The maximum atomic E-state index is 11.8. The highest BCUT2D eigenvalue weighted by molar-refractivity contribution is 5.79. The number of benzene rings is 1. The number of carbonyl (C=O) groups excluding carboxylic acids is 1. The first kappa shape index (κ1) is 14.8. The summed E-state index contributed by atoms with van der Waals surface area (Å²) < 4.78 is 11.9. The van der Waals surface area contributed by atoms with Gasteiger partial charge < -0.3 is 14.4 Å². The van der Waals surface area contributed by atoms with Crippen LogP contribution in [-0.2, 0) is 4.79 Å². The van der Waals surface area contributed by atoms with Crippen molar-refractivity contribution in [3.8, 4) is 11.5 Å². The second kappa shape index (κ2) is 5.71. The number of hydrogen-bond donors (Lipinski definition) is 0. The van der Waals surface area contributed by atoms with E-state index in [2.05, 4.69) is 4.90 Å². The second-order valence-corrected chi connectivity index (χ2v) is 6.98. The Labute approximate surface area is 137 Å². The minimum Gasteiger partial charge on any atom is -0.486 e. The summed E-state index contributed by atoms with van der Waals surface area (Å²) in [6, 6.07) is 7.85. The van der Waals surface area contributed by atoms with E-state index >= 15 is 0 Å². The van der Waals surface area contributed by atoms with Gasteiger partial charge in [-0.2, -0.15) is 0 Å². The third-order valence-corrected chi connectivity index (χ3v) is 5.71. The third kappa shape index (κ3) is 2.67. The molecule has 1 atom stereocenters. The highest BCUT2D eigenvalue weighted by Gasteiger charge is 2.45. The van der Waals surface area contributed by atoms with E-state index in [-0.39, 0.29) is 11.6 Å². The summed E-state index contributed by atoms with van der Waals surface area (Å²) in [6.45, 7) is 3.55. The molecule has 1 amide bonds. The molecule has 0 saturated carbocycles. The standard InChI is InChI=1S/C18H24N2O3/c1-19-17(21)6-7-18(19)8-10-20(11-9-18)12-14-13-22-15-4-2-3-5-16(15)23-14/h2-5,14H,6-13H2,1H3/t14-/m1/s1. The molecule has 0 aromatic heterocycles. The van der Waals surface area contributed by atoms with Crippen LogP contribution in [0.5, 0.6) is 11.5 Å². The molecule has 4 rings (SSSR count). The van der Waals surface area contributed by atoms with E-state index in [4.69, 9.17) is 9.47 Å². The van der Waals surface area contributed by atoms with Crippen molar-refractivity contribution in [1.29, 1.82) is 0 Å². The predicted octanol–water partition coefficient (Wildman–Crippen LogP) is 1.91. The summed E-state index contributed by atoms with van der Waals surface area (Å²) in [4.78, 5) is 16.3. The molecule has 2 fully saturated rings. The summed E-state index contributed by atoms with van der Waals surface area (Å²) in [5, 5.41) is 0. The average Bonchev–Trinajstić information content (AvgIpc) is 2.86. The van der Waals surface area contributed by atoms with Gasteiger partial charge in [-0.3, -0.25) is 9.69 Å². The second-order valence-electron chi connectivity index (χ2n) is 6.98. The molecule has 23 heavy (non-hydrogen) atoms. The monoisotopic (exact) mass is 316 g/mol. The van der Waals surface area contributed by atoms with Gasteiger partial charge in [0.1, 0.15) is 12.7 Å². The highest BCUT2D eigenvalue weighted by atomic mass is 16.6. The lowest BCUT2D eigenvalue weighted by Gasteiger charge is -2.44. The Morgan fingerprint density at radius 2 is 1.91 bits per heavy atom. The smallest absolute Gasteiger partial charge is 0.222 e. The highest BCUT2D eigenvalue weighted by Crippen LogP contribution is 2.38. The van der Waals surface area contributed by atoms with Crippen molar-refractivity contribution >= 4 is 5.91 Å². The quantitative estimate of drug-likeness (QED) is 0.836. The Morgan fingerprint density at radius 3 is 2.61 bits per heavy atom. The zero-order valence-corrected chi connectivity index (χ0v) is 13.7. The molecule has 1 spiro atoms. The minimum absolute atomic E-state index is 0.0851. The SMILES string of the molecule is CN1C(=O)CCC12CCN(C[C@@H]1COc3ccccc3O1)CC2. The first-order valence-corrected chi connectivity index (χ1v) is 8.54. The normalized spacial score (nSPS) is 26.7. The number of nitrogens with zero attached hydrogens (tertiary/aromatic N) is 2. The number of piperidine rings is 1. The fraction of sp³-hybridized carbons (Fsp3) is 0.611. The lowest BCUT2D eigenvalue weighted by Crippen LogP contribution is -2.53. The number of para-hydroxylation sites is 2. The molecule has 0 bridgehead atoms. The number of fused-ring (bicyclic) bond motifs is 1. The largest absolute Gasteiger partial charge is 0.486 e. The third-order valence-electron chi connectivity index (χ3n) is 5.71. The molecule has 124 valence electrons. The molecule has 3 aliphatic heterocycles. The van der Waals surface area contributed by atoms with Gasteiger partial charge in [-0.15, -0.1) is 0 Å². The summed E-state index contributed by atoms with van der Waals surface area (Å²) in [7, 11) is 1.97. The van der Waals surface area contributed by atoms with Crippen LogP contribution < -0.4 is 9.47 Å². The van der Waals surface area contributed by atoms with Gasteiger partial charge in [-0.05, 0) is 31.4 Å². The van der Waals surface area contributed by atoms with E-state index in [9.17, 15) is 4.79 Å². The van der Waals surface area contributed by atoms with Crippen LogP contribution in [0, 0.1) is 0 Å². The molecule has 0 N–H and O–H groups in total. The van der Waals surface area contributed by atoms with Crippen LogP contribution in [0.3, 0.4) is 0 Å². The lowest BCUT2D eigenvalue weighted by molar-refractivity contribution is -0.130. The fourth-order valence-electron chi connectivity index (χ4n) is 4.12. The molecule has 2 saturated heterocycles. The van der Waals surface area contributed by atoms with Gasteiger partial charge in [-0.1, -0.05) is 12.1 Å². The molecule has 3 heterocycles. The van der Waals surface area contributed by atoms with Crippen molar-refractivity contribution in [3.63, 3.8) is 0 Å². The van der Waals surface area contributed by atoms with Crippen LogP contribution in [0.15, 0.2) is 24.3 Å². The Bertz CT molecular complexity index is 596. The molecule has 5 heteroatoms. The van der Waals surface area contributed by atoms with E-state index in [1.807, 2.05) is 36.2 Å². The number of amides is 1. The molecule has 1 aromatic carbocycles. The van der Waals surface area contributed by atoms with Gasteiger partial charge in [0.05, 0.1) is 0 Å². The Balaban J connectivity index is 1.33. The first-order valence-electron chi connectivity index (χ1n) is 8.54. The number of hydrogen-bond acceptors (Lipinski definition) is 4. The van der Waals surface area contributed by atoms with Crippen LogP contribution in [0.2, 0.25) is 0 Å². The summed E-state index contributed by atoms with van der Waals surface area (Å²) >= 11 is 0. The van der Waals surface area contributed by atoms with E-state index in [0.717, 1.165) is 50.4 Å². The van der Waals surface area contributed by atoms with Crippen molar-refractivity contribution < 1.29 is 14.3 Å². The number of likely N-dealkylation sites (tertiary alicyclic amines) is 2. The van der Waals surface area contributed by atoms with Gasteiger partial charge >= 0.3 is 0 Å². The zero-order chi connectivity index (χ0) is 15.9. The predicted molar refractivity (Wildman–Crippen MR) is 86.8 cm³/mol. The summed E-state index contributed by atoms with van der Waals surface area (Å²) in [5.41, 5.74) is 0.115. The molecule has 1 aromatic rings. The zero-order valence-electron chi connectivity index (χ0n) is 13.7. The van der Waals surface area contributed by atoms with Crippen molar-refractivity contribution in [2.75, 3.05) is 33.3 Å². The maximum Gasteiger partial charge on any atom is 0.222 e. The molecular formula is C18H24N2O3. The molecule has 0 unspecified atom stereocenters. The van der Waals surface area contributed by atoms with Crippen LogP contribution >= 0.6 is 0 Å². The Kier molecular flexibility index (Phi) is 3.68. The van der Waals surface area contributed by atoms with Gasteiger partial charge in [0.2, 0.25) is 5.91 Å². The van der Waals surface area contributed by atoms with Crippen molar-refractivity contribution in [2.45, 2.75) is 37.3 Å². The lowest BCUT2D eigenvalue weighted by atomic mass is 9.85. The van der Waals surface area contributed by atoms with Gasteiger partial charge in [-0.25, -0.2) is 0 Å². The van der Waals surface area contributed by atoms with Crippen molar-refractivity contribution in [3.05, 3.63) is 24.3 Å². The molecular weight excluding hydrogens is 292 g/mol. The molecule has 0 radical (unpaired) electrons. The van der Waals surface area contributed by atoms with Crippen molar-refractivity contribution in [2.24, 2.45) is 0 Å². The fourth-order valence-corrected chi connectivity index (χ4v) is 4.12. The molecule has 5 nitrogen and oxygen atoms in total. The maximum absolute atomic E-state index is 11.8. The van der Waals surface area contributed by atoms with Gasteiger partial charge in [0.25, 0.3) is 0 Å². The summed E-state index contributed by atoms with van der Waals surface area (Å²) in [5.74, 6) is 1.99. The molecule has 0 aliphatic carbocycles. The van der Waals surface area contributed by atoms with Crippen molar-refractivity contribution in [1.82, 2.24) is 9.80 Å². The van der Waals surface area contributed by atoms with Crippen LogP contribution in [-0.4, -0.2) is 60.6 Å². The van der Waals surface area contributed by atoms with E-state index in [1.54, 1.807) is 0 Å². The van der Waals surface area contributed by atoms with Crippen LogP contribution in [0.1, 0.15) is 25.7 Å². The minimum atomic E-state index is 0.0851.